The van der Waals surface area contributed by atoms with Crippen LogP contribution in [-0.4, -0.2) is 64.3 Å². The Morgan fingerprint density at radius 2 is 0.950 bits per heavy atom. The molecule has 114 valence electrons. The molecule has 0 spiro atoms. The summed E-state index contributed by atoms with van der Waals surface area (Å²) in [7, 11) is 13.6. The lowest BCUT2D eigenvalue weighted by Gasteiger charge is -2.25. The molecule has 1 rings (SSSR count). The highest BCUT2D eigenvalue weighted by atomic mass is 15.3. The molecule has 1 aromatic carbocycles. The van der Waals surface area contributed by atoms with Gasteiger partial charge in [-0.05, 0) is 36.1 Å². The fourth-order valence-electron chi connectivity index (χ4n) is 2.39. The second-order valence-corrected chi connectivity index (χ2v) is 8.23. The van der Waals surface area contributed by atoms with Crippen molar-refractivity contribution < 1.29 is 8.97 Å². The highest BCUT2D eigenvalue weighted by molar-refractivity contribution is 5.37. The Bertz CT molecular complexity index is 404. The fraction of sp³-hybridized carbons (Fsp3) is 0.667. The van der Waals surface area contributed by atoms with Gasteiger partial charge in [0.2, 0.25) is 0 Å². The zero-order valence-electron chi connectivity index (χ0n) is 14.9. The Morgan fingerprint density at radius 1 is 0.650 bits per heavy atom. The molecule has 1 aromatic rings. The van der Waals surface area contributed by atoms with Crippen LogP contribution in [0.2, 0.25) is 0 Å². The molecular formula is C18H34N2+2. The molecule has 2 nitrogen and oxygen atoms in total. The van der Waals surface area contributed by atoms with Gasteiger partial charge in [-0.15, -0.1) is 0 Å². The molecule has 0 amide bonds. The second kappa shape index (κ2) is 6.28. The van der Waals surface area contributed by atoms with Gasteiger partial charge in [0.15, 0.2) is 0 Å². The van der Waals surface area contributed by atoms with Crippen LogP contribution < -0.4 is 0 Å². The van der Waals surface area contributed by atoms with Crippen molar-refractivity contribution in [3.8, 4) is 0 Å². The van der Waals surface area contributed by atoms with E-state index in [1.165, 1.54) is 48.2 Å². The predicted molar refractivity (Wildman–Crippen MR) is 89.1 cm³/mol. The number of hydrogen-bond acceptors (Lipinski definition) is 0. The van der Waals surface area contributed by atoms with Gasteiger partial charge in [0.1, 0.15) is 0 Å². The molecule has 0 unspecified atom stereocenters. The van der Waals surface area contributed by atoms with Crippen molar-refractivity contribution in [3.63, 3.8) is 0 Å². The molecule has 20 heavy (non-hydrogen) atoms. The number of aryl methyl sites for hydroxylation is 2. The molecule has 0 atom stereocenters. The summed E-state index contributed by atoms with van der Waals surface area (Å²) >= 11 is 0. The summed E-state index contributed by atoms with van der Waals surface area (Å²) in [6, 6.07) is 4.83. The van der Waals surface area contributed by atoms with Gasteiger partial charge in [0.05, 0.1) is 55.4 Å². The Kier molecular flexibility index (Phi) is 5.39. The molecule has 0 bridgehead atoms. The van der Waals surface area contributed by atoms with E-state index >= 15 is 0 Å². The van der Waals surface area contributed by atoms with Crippen LogP contribution in [0.3, 0.4) is 0 Å². The molecule has 0 heterocycles. The Balaban J connectivity index is 2.81. The van der Waals surface area contributed by atoms with Crippen LogP contribution in [0.5, 0.6) is 0 Å². The Hall–Kier alpha value is -0.860. The quantitative estimate of drug-likeness (QED) is 0.702. The van der Waals surface area contributed by atoms with Crippen molar-refractivity contribution in [2.24, 2.45) is 0 Å². The summed E-state index contributed by atoms with van der Waals surface area (Å²) in [6.07, 6.45) is 2.34. The zero-order valence-corrected chi connectivity index (χ0v) is 14.9. The fourth-order valence-corrected chi connectivity index (χ4v) is 2.39. The van der Waals surface area contributed by atoms with Crippen LogP contribution in [0.1, 0.15) is 22.3 Å². The minimum atomic E-state index is 1.03. The summed E-state index contributed by atoms with van der Waals surface area (Å²) < 4.78 is 2.06. The smallest absolute Gasteiger partial charge is 0.0821 e. The van der Waals surface area contributed by atoms with Crippen LogP contribution in [0.4, 0.5) is 0 Å². The molecule has 0 N–H and O–H groups in total. The van der Waals surface area contributed by atoms with E-state index in [-0.39, 0.29) is 0 Å². The number of hydrogen-bond donors (Lipinski definition) is 0. The van der Waals surface area contributed by atoms with Crippen molar-refractivity contribution in [1.82, 2.24) is 0 Å². The molecule has 0 radical (unpaired) electrons. The summed E-state index contributed by atoms with van der Waals surface area (Å²) in [6.45, 7) is 6.91. The maximum atomic E-state index is 2.41. The summed E-state index contributed by atoms with van der Waals surface area (Å²) in [5, 5.41) is 0. The SMILES string of the molecule is Cc1cc(CC[N+](C)(C)C)c(C)cc1CC[N+](C)(C)C. The van der Waals surface area contributed by atoms with E-state index in [2.05, 4.69) is 68.3 Å². The number of nitrogens with zero attached hydrogens (tertiary/aromatic N) is 2. The van der Waals surface area contributed by atoms with Gasteiger partial charge < -0.3 is 8.97 Å². The van der Waals surface area contributed by atoms with Gasteiger partial charge >= 0.3 is 0 Å². The van der Waals surface area contributed by atoms with Gasteiger partial charge in [-0.3, -0.25) is 0 Å². The van der Waals surface area contributed by atoms with Gasteiger partial charge in [0, 0.05) is 12.8 Å². The van der Waals surface area contributed by atoms with Crippen LogP contribution in [0.25, 0.3) is 0 Å². The number of rotatable bonds is 6. The first-order valence-corrected chi connectivity index (χ1v) is 7.68. The van der Waals surface area contributed by atoms with E-state index in [1.54, 1.807) is 0 Å². The van der Waals surface area contributed by atoms with Crippen molar-refractivity contribution >= 4 is 0 Å². The third-order valence-corrected chi connectivity index (χ3v) is 3.90. The summed E-state index contributed by atoms with van der Waals surface area (Å²) in [5.74, 6) is 0. The van der Waals surface area contributed by atoms with Gasteiger partial charge in [-0.1, -0.05) is 12.1 Å². The monoisotopic (exact) mass is 278 g/mol. The van der Waals surface area contributed by atoms with Crippen LogP contribution in [0, 0.1) is 13.8 Å². The maximum Gasteiger partial charge on any atom is 0.0821 e. The van der Waals surface area contributed by atoms with Gasteiger partial charge in [0.25, 0.3) is 0 Å². The topological polar surface area (TPSA) is 0 Å². The molecule has 0 fully saturated rings. The minimum absolute atomic E-state index is 1.03. The predicted octanol–water partition coefficient (Wildman–Crippen LogP) is 2.80. The zero-order chi connectivity index (χ0) is 15.6. The first-order valence-electron chi connectivity index (χ1n) is 7.68. The van der Waals surface area contributed by atoms with Crippen molar-refractivity contribution in [2.45, 2.75) is 26.7 Å². The lowest BCUT2D eigenvalue weighted by molar-refractivity contribution is -0.870. The van der Waals surface area contributed by atoms with Gasteiger partial charge in [-0.25, -0.2) is 0 Å². The molecule has 0 saturated carbocycles. The molecule has 0 saturated heterocycles. The average Bonchev–Trinajstić information content (AvgIpc) is 2.25. The first-order chi connectivity index (χ1) is 8.98. The van der Waals surface area contributed by atoms with E-state index in [4.69, 9.17) is 0 Å². The van der Waals surface area contributed by atoms with Crippen LogP contribution in [-0.2, 0) is 12.8 Å². The standard InChI is InChI=1S/C18H34N2/c1-15-13-18(10-12-20(6,7)8)16(2)14-17(15)9-11-19(3,4)5/h13-14H,9-12H2,1-8H3/q+2. The molecule has 0 aliphatic heterocycles. The molecular weight excluding hydrogens is 244 g/mol. The normalized spacial score (nSPS) is 12.8. The Labute approximate surface area is 126 Å². The van der Waals surface area contributed by atoms with Crippen molar-refractivity contribution in [1.29, 1.82) is 0 Å². The van der Waals surface area contributed by atoms with Gasteiger partial charge in [-0.2, -0.15) is 0 Å². The Morgan fingerprint density at radius 3 is 1.20 bits per heavy atom. The molecule has 0 aromatic heterocycles. The maximum absolute atomic E-state index is 2.41. The molecule has 2 heteroatoms. The third-order valence-electron chi connectivity index (χ3n) is 3.90. The number of quaternary nitrogens is 2. The average molecular weight is 278 g/mol. The van der Waals surface area contributed by atoms with Crippen LogP contribution >= 0.6 is 0 Å². The largest absolute Gasteiger partial charge is 0.331 e. The number of likely N-dealkylation sites (N-methyl/N-ethyl adjacent to an activating group) is 2. The third kappa shape index (κ3) is 6.06. The summed E-state index contributed by atoms with van der Waals surface area (Å²) in [4.78, 5) is 0. The second-order valence-electron chi connectivity index (χ2n) is 8.23. The highest BCUT2D eigenvalue weighted by Gasteiger charge is 2.12. The van der Waals surface area contributed by atoms with E-state index in [1.807, 2.05) is 0 Å². The van der Waals surface area contributed by atoms with E-state index in [9.17, 15) is 0 Å². The highest BCUT2D eigenvalue weighted by Crippen LogP contribution is 2.18. The van der Waals surface area contributed by atoms with E-state index in [0.29, 0.717) is 0 Å². The summed E-state index contributed by atoms with van der Waals surface area (Å²) in [5.41, 5.74) is 5.95. The lowest BCUT2D eigenvalue weighted by atomic mass is 9.96. The van der Waals surface area contributed by atoms with Crippen LogP contribution in [0.15, 0.2) is 12.1 Å². The lowest BCUT2D eigenvalue weighted by Crippen LogP contribution is -2.36. The van der Waals surface area contributed by atoms with Crippen molar-refractivity contribution in [2.75, 3.05) is 55.4 Å². The van der Waals surface area contributed by atoms with Crippen molar-refractivity contribution in [3.05, 3.63) is 34.4 Å². The van der Waals surface area contributed by atoms with E-state index < -0.39 is 0 Å². The molecule has 0 aliphatic carbocycles. The first kappa shape index (κ1) is 17.2. The van der Waals surface area contributed by atoms with E-state index in [0.717, 1.165) is 8.97 Å². The number of benzene rings is 1. The minimum Gasteiger partial charge on any atom is -0.331 e. The molecule has 0 aliphatic rings.